The lowest BCUT2D eigenvalue weighted by molar-refractivity contribution is 0.427. The highest BCUT2D eigenvalue weighted by Crippen LogP contribution is 2.55. The fraction of sp³-hybridized carbons (Fsp3) is 0.0714. The Kier molecular flexibility index (Phi) is 6.35. The van der Waals surface area contributed by atoms with Gasteiger partial charge in [0.25, 0.3) is 0 Å². The van der Waals surface area contributed by atoms with E-state index in [1.165, 1.54) is 6.07 Å². The Hall–Kier alpha value is -6.70. The average molecular weight is 528 g/mol. The number of nitrogens with zero attached hydrogens (tertiary/aromatic N) is 8. The Morgan fingerprint density at radius 2 is 0.875 bits per heavy atom. The Morgan fingerprint density at radius 1 is 0.500 bits per heavy atom. The number of rotatable bonds is 2. The summed E-state index contributed by atoms with van der Waals surface area (Å²) in [6.45, 7) is 0. The highest BCUT2D eigenvalue weighted by atomic mass is 19.2. The van der Waals surface area contributed by atoms with Crippen LogP contribution < -0.4 is 0 Å². The molecule has 0 radical (unpaired) electrons. The van der Waals surface area contributed by atoms with Crippen LogP contribution in [0.4, 0.5) is 17.6 Å². The molecule has 3 aromatic rings. The molecule has 0 amide bonds. The molecule has 1 aliphatic rings. The Balaban J connectivity index is 2.30. The van der Waals surface area contributed by atoms with Crippen molar-refractivity contribution in [2.24, 2.45) is 0 Å². The van der Waals surface area contributed by atoms with Crippen molar-refractivity contribution in [1.82, 2.24) is 0 Å². The van der Waals surface area contributed by atoms with Gasteiger partial charge in [0.05, 0.1) is 45.4 Å². The molecule has 8 nitrogen and oxygen atoms in total. The summed E-state index contributed by atoms with van der Waals surface area (Å²) in [5.41, 5.74) is -6.51. The molecule has 0 N–H and O–H groups in total. The van der Waals surface area contributed by atoms with Crippen LogP contribution in [0.1, 0.15) is 67.5 Å². The smallest absolute Gasteiger partial charge is 0.180 e. The summed E-state index contributed by atoms with van der Waals surface area (Å²) in [4.78, 5) is 0. The van der Waals surface area contributed by atoms with E-state index in [0.717, 1.165) is 18.2 Å². The van der Waals surface area contributed by atoms with E-state index in [1.807, 2.05) is 0 Å². The maximum atomic E-state index is 15.2. The predicted molar refractivity (Wildman–Crippen MR) is 121 cm³/mol. The summed E-state index contributed by atoms with van der Waals surface area (Å²) in [5, 5.41) is 77.6. The van der Waals surface area contributed by atoms with Crippen molar-refractivity contribution in [3.8, 4) is 59.7 Å². The molecule has 184 valence electrons. The van der Waals surface area contributed by atoms with Gasteiger partial charge in [-0.05, 0) is 34.4 Å². The first-order valence-corrected chi connectivity index (χ1v) is 10.7. The quantitative estimate of drug-likeness (QED) is 0.335. The summed E-state index contributed by atoms with van der Waals surface area (Å²) in [5.74, 6) is -12.4. The van der Waals surface area contributed by atoms with Crippen LogP contribution in [0.5, 0.6) is 0 Å². The van der Waals surface area contributed by atoms with E-state index in [2.05, 4.69) is 0 Å². The van der Waals surface area contributed by atoms with Crippen LogP contribution in [-0.4, -0.2) is 0 Å². The zero-order valence-electron chi connectivity index (χ0n) is 19.4. The highest BCUT2D eigenvalue weighted by molar-refractivity contribution is 5.89. The highest BCUT2D eigenvalue weighted by Gasteiger charge is 2.45. The summed E-state index contributed by atoms with van der Waals surface area (Å²) < 4.78 is 59.7. The summed E-state index contributed by atoms with van der Waals surface area (Å²) in [6.07, 6.45) is 0. The second-order valence-electron chi connectivity index (χ2n) is 8.18. The minimum absolute atomic E-state index is 0.0831. The summed E-state index contributed by atoms with van der Waals surface area (Å²) in [6, 6.07) is 14.9. The summed E-state index contributed by atoms with van der Waals surface area (Å²) in [7, 11) is 0. The molecule has 4 rings (SSSR count). The Bertz CT molecular complexity index is 1930. The molecular weight excluding hydrogens is 524 g/mol. The molecule has 0 bridgehead atoms. The monoisotopic (exact) mass is 528 g/mol. The van der Waals surface area contributed by atoms with E-state index in [1.54, 1.807) is 36.4 Å². The Labute approximate surface area is 222 Å². The second kappa shape index (κ2) is 9.64. The number of hydrogen-bond acceptors (Lipinski definition) is 8. The van der Waals surface area contributed by atoms with Gasteiger partial charge < -0.3 is 0 Å². The van der Waals surface area contributed by atoms with E-state index in [9.17, 15) is 45.6 Å². The van der Waals surface area contributed by atoms with Crippen molar-refractivity contribution < 1.29 is 17.6 Å². The minimum Gasteiger partial charge on any atom is -0.203 e. The van der Waals surface area contributed by atoms with Gasteiger partial charge in [-0.25, -0.2) is 17.6 Å². The fourth-order valence-corrected chi connectivity index (χ4v) is 4.93. The zero-order chi connectivity index (χ0) is 29.5. The van der Waals surface area contributed by atoms with Gasteiger partial charge in [-0.15, -0.1) is 0 Å². The fourth-order valence-electron chi connectivity index (χ4n) is 4.93. The molecule has 0 aromatic heterocycles. The van der Waals surface area contributed by atoms with E-state index in [0.29, 0.717) is 0 Å². The van der Waals surface area contributed by atoms with Crippen molar-refractivity contribution >= 4 is 0 Å². The van der Waals surface area contributed by atoms with Crippen LogP contribution in [0.2, 0.25) is 0 Å². The van der Waals surface area contributed by atoms with E-state index in [-0.39, 0.29) is 33.4 Å². The zero-order valence-corrected chi connectivity index (χ0v) is 19.4. The van der Waals surface area contributed by atoms with Gasteiger partial charge in [0.2, 0.25) is 0 Å². The van der Waals surface area contributed by atoms with Gasteiger partial charge >= 0.3 is 0 Å². The molecule has 3 aromatic carbocycles. The van der Waals surface area contributed by atoms with Gasteiger partial charge in [-0.1, -0.05) is 0 Å². The lowest BCUT2D eigenvalue weighted by Crippen LogP contribution is -2.18. The Morgan fingerprint density at radius 3 is 1.18 bits per heavy atom. The van der Waals surface area contributed by atoms with Crippen molar-refractivity contribution in [3.63, 3.8) is 0 Å². The molecule has 0 heterocycles. The molecule has 0 aliphatic heterocycles. The largest absolute Gasteiger partial charge is 0.203 e. The van der Waals surface area contributed by atoms with E-state index in [4.69, 9.17) is 5.26 Å². The van der Waals surface area contributed by atoms with Gasteiger partial charge in [0.1, 0.15) is 48.0 Å². The third-order valence-corrected chi connectivity index (χ3v) is 6.53. The van der Waals surface area contributed by atoms with Gasteiger partial charge in [0, 0.05) is 11.5 Å². The lowest BCUT2D eigenvalue weighted by Gasteiger charge is -2.23. The maximum Gasteiger partial charge on any atom is 0.180 e. The first-order chi connectivity index (χ1) is 19.2. The van der Waals surface area contributed by atoms with Gasteiger partial charge in [0.15, 0.2) is 23.3 Å². The SMILES string of the molecule is N#Cc1cc2c(c(C#N)c1C#N)C(C(C#N)c1c(F)c(F)c(C#N)c(F)c1F)c1c-2cc(C#N)c(C#N)c1C#N. The number of halogens is 4. The lowest BCUT2D eigenvalue weighted by atomic mass is 9.76. The molecular formula is C28H4F4N8. The van der Waals surface area contributed by atoms with Crippen LogP contribution in [0.25, 0.3) is 11.1 Å². The number of nitriles is 8. The first kappa shape index (κ1) is 26.4. The number of benzene rings is 3. The molecule has 0 saturated heterocycles. The maximum absolute atomic E-state index is 15.2. The second-order valence-corrected chi connectivity index (χ2v) is 8.18. The van der Waals surface area contributed by atoms with Crippen molar-refractivity contribution in [2.75, 3.05) is 0 Å². The third kappa shape index (κ3) is 3.30. The number of fused-ring (bicyclic) bond motifs is 3. The van der Waals surface area contributed by atoms with Crippen LogP contribution in [0.3, 0.4) is 0 Å². The molecule has 1 unspecified atom stereocenters. The van der Waals surface area contributed by atoms with E-state index >= 15 is 8.78 Å². The predicted octanol–water partition coefficient (Wildman–Crippen LogP) is 4.76. The molecule has 12 heteroatoms. The van der Waals surface area contributed by atoms with Crippen LogP contribution in [-0.2, 0) is 0 Å². The van der Waals surface area contributed by atoms with Crippen molar-refractivity contribution in [2.45, 2.75) is 11.8 Å². The molecule has 0 spiro atoms. The van der Waals surface area contributed by atoms with Crippen LogP contribution in [0, 0.1) is 114 Å². The molecule has 1 atom stereocenters. The van der Waals surface area contributed by atoms with E-state index < -0.39 is 68.5 Å². The molecule has 40 heavy (non-hydrogen) atoms. The third-order valence-electron chi connectivity index (χ3n) is 6.53. The molecule has 0 saturated carbocycles. The van der Waals surface area contributed by atoms with Crippen LogP contribution >= 0.6 is 0 Å². The van der Waals surface area contributed by atoms with Gasteiger partial charge in [-0.3, -0.25) is 0 Å². The normalized spacial score (nSPS) is 11.6. The molecule has 1 aliphatic carbocycles. The minimum atomic E-state index is -2.24. The van der Waals surface area contributed by atoms with Gasteiger partial charge in [-0.2, -0.15) is 42.1 Å². The van der Waals surface area contributed by atoms with Crippen molar-refractivity contribution in [3.05, 3.63) is 91.0 Å². The van der Waals surface area contributed by atoms with Crippen LogP contribution in [0.15, 0.2) is 12.1 Å². The number of hydrogen-bond donors (Lipinski definition) is 0. The topological polar surface area (TPSA) is 190 Å². The van der Waals surface area contributed by atoms with Crippen molar-refractivity contribution in [1.29, 1.82) is 42.1 Å². The average Bonchev–Trinajstić information content (AvgIpc) is 3.29. The molecule has 0 fully saturated rings. The standard InChI is InChI=1S/C28H4F4N8/c29-25-20(10-40)26(30)28(32)24(27(25)31)19(9-39)23-21-13(1-11(3-33)15(5-35)17(21)7-37)14-2-12(4-34)16(6-36)18(8-38)22(14)23/h1-2,19,23H. The summed E-state index contributed by atoms with van der Waals surface area (Å²) >= 11 is 0. The first-order valence-electron chi connectivity index (χ1n) is 10.7.